The number of nitrogens with zero attached hydrogens (tertiary/aromatic N) is 3. The zero-order valence-corrected chi connectivity index (χ0v) is 11.3. The van der Waals surface area contributed by atoms with E-state index in [1.165, 1.54) is 0 Å². The molecule has 1 aliphatic rings. The molecule has 0 bridgehead atoms. The van der Waals surface area contributed by atoms with Crippen molar-refractivity contribution in [2.75, 3.05) is 19.7 Å². The van der Waals surface area contributed by atoms with Crippen LogP contribution in [0.25, 0.3) is 0 Å². The lowest BCUT2D eigenvalue weighted by molar-refractivity contribution is -0.149. The maximum Gasteiger partial charge on any atom is 0.309 e. The molecule has 0 radical (unpaired) electrons. The van der Waals surface area contributed by atoms with Crippen molar-refractivity contribution in [1.29, 1.82) is 0 Å². The summed E-state index contributed by atoms with van der Waals surface area (Å²) in [6.45, 7) is 3.40. The van der Waals surface area contributed by atoms with Crippen molar-refractivity contribution in [2.45, 2.75) is 19.8 Å². The Kier molecular flexibility index (Phi) is 4.19. The van der Waals surface area contributed by atoms with Gasteiger partial charge < -0.3 is 14.2 Å². The average Bonchev–Trinajstić information content (AvgIpc) is 2.84. The smallest absolute Gasteiger partial charge is 0.309 e. The van der Waals surface area contributed by atoms with E-state index in [4.69, 9.17) is 4.74 Å². The number of carbonyl (C=O) groups excluding carboxylic acids is 2. The zero-order valence-electron chi connectivity index (χ0n) is 11.3. The Morgan fingerprint density at radius 3 is 2.63 bits per heavy atom. The molecule has 0 spiro atoms. The highest BCUT2D eigenvalue weighted by molar-refractivity contribution is 5.92. The molecule has 1 aliphatic heterocycles. The van der Waals surface area contributed by atoms with Crippen molar-refractivity contribution in [3.8, 4) is 0 Å². The molecular weight excluding hydrogens is 246 g/mol. The summed E-state index contributed by atoms with van der Waals surface area (Å²) < 4.78 is 6.72. The Balaban J connectivity index is 1.92. The van der Waals surface area contributed by atoms with Crippen LogP contribution >= 0.6 is 0 Å². The summed E-state index contributed by atoms with van der Waals surface area (Å²) in [6.07, 6.45) is 4.52. The number of rotatable bonds is 3. The number of imidazole rings is 1. The largest absolute Gasteiger partial charge is 0.466 e. The molecule has 0 N–H and O–H groups in total. The maximum absolute atomic E-state index is 12.2. The molecular formula is C13H19N3O3. The molecule has 1 amide bonds. The molecule has 0 atom stereocenters. The lowest BCUT2D eigenvalue weighted by atomic mass is 9.97. The van der Waals surface area contributed by atoms with E-state index < -0.39 is 0 Å². The molecule has 0 unspecified atom stereocenters. The van der Waals surface area contributed by atoms with Gasteiger partial charge in [0, 0.05) is 20.1 Å². The van der Waals surface area contributed by atoms with E-state index >= 15 is 0 Å². The van der Waals surface area contributed by atoms with E-state index in [2.05, 4.69) is 4.98 Å². The van der Waals surface area contributed by atoms with Gasteiger partial charge in [0.2, 0.25) is 0 Å². The SMILES string of the molecule is CCOC(=O)C1CCN(C(=O)c2cncn2C)CC1. The molecule has 1 aromatic rings. The minimum absolute atomic E-state index is 0.0256. The molecule has 104 valence electrons. The lowest BCUT2D eigenvalue weighted by Gasteiger charge is -2.30. The second kappa shape index (κ2) is 5.86. The van der Waals surface area contributed by atoms with Gasteiger partial charge in [-0.2, -0.15) is 0 Å². The quantitative estimate of drug-likeness (QED) is 0.760. The average molecular weight is 265 g/mol. The first kappa shape index (κ1) is 13.6. The molecule has 1 fully saturated rings. The first-order chi connectivity index (χ1) is 9.13. The minimum atomic E-state index is -0.143. The highest BCUT2D eigenvalue weighted by atomic mass is 16.5. The fourth-order valence-electron chi connectivity index (χ4n) is 2.30. The van der Waals surface area contributed by atoms with E-state index in [0.29, 0.717) is 38.2 Å². The number of hydrogen-bond acceptors (Lipinski definition) is 4. The Morgan fingerprint density at radius 2 is 2.11 bits per heavy atom. The van der Waals surface area contributed by atoms with Crippen LogP contribution in [0.4, 0.5) is 0 Å². The number of likely N-dealkylation sites (tertiary alicyclic amines) is 1. The summed E-state index contributed by atoms with van der Waals surface area (Å²) in [5.74, 6) is -0.243. The van der Waals surface area contributed by atoms with Crippen LogP contribution in [0, 0.1) is 5.92 Å². The van der Waals surface area contributed by atoms with Gasteiger partial charge in [-0.25, -0.2) is 4.98 Å². The van der Waals surface area contributed by atoms with Crippen LogP contribution in [0.5, 0.6) is 0 Å². The predicted molar refractivity (Wildman–Crippen MR) is 68.5 cm³/mol. The number of piperidine rings is 1. The van der Waals surface area contributed by atoms with Crippen LogP contribution < -0.4 is 0 Å². The van der Waals surface area contributed by atoms with Crippen LogP contribution in [0.3, 0.4) is 0 Å². The summed E-state index contributed by atoms with van der Waals surface area (Å²) in [5.41, 5.74) is 0.578. The zero-order chi connectivity index (χ0) is 13.8. The van der Waals surface area contributed by atoms with Crippen molar-refractivity contribution in [1.82, 2.24) is 14.5 Å². The van der Waals surface area contributed by atoms with Gasteiger partial charge in [0.1, 0.15) is 5.69 Å². The highest BCUT2D eigenvalue weighted by Gasteiger charge is 2.29. The van der Waals surface area contributed by atoms with E-state index in [0.717, 1.165) is 0 Å². The van der Waals surface area contributed by atoms with Gasteiger partial charge in [0.25, 0.3) is 5.91 Å². The molecule has 0 aliphatic carbocycles. The first-order valence-corrected chi connectivity index (χ1v) is 6.55. The van der Waals surface area contributed by atoms with Crippen molar-refractivity contribution in [3.05, 3.63) is 18.2 Å². The number of carbonyl (C=O) groups is 2. The number of aromatic nitrogens is 2. The van der Waals surface area contributed by atoms with Crippen LogP contribution in [-0.2, 0) is 16.6 Å². The fourth-order valence-corrected chi connectivity index (χ4v) is 2.30. The number of ether oxygens (including phenoxy) is 1. The van der Waals surface area contributed by atoms with Gasteiger partial charge in [-0.3, -0.25) is 9.59 Å². The third-order valence-corrected chi connectivity index (χ3v) is 3.44. The molecule has 0 saturated carbocycles. The normalized spacial score (nSPS) is 16.4. The number of hydrogen-bond donors (Lipinski definition) is 0. The van der Waals surface area contributed by atoms with Crippen molar-refractivity contribution in [2.24, 2.45) is 13.0 Å². The van der Waals surface area contributed by atoms with Crippen LogP contribution in [0.1, 0.15) is 30.3 Å². The van der Waals surface area contributed by atoms with E-state index in [1.54, 1.807) is 36.0 Å². The second-order valence-electron chi connectivity index (χ2n) is 4.71. The van der Waals surface area contributed by atoms with Gasteiger partial charge >= 0.3 is 5.97 Å². The molecule has 6 heteroatoms. The lowest BCUT2D eigenvalue weighted by Crippen LogP contribution is -2.41. The summed E-state index contributed by atoms with van der Waals surface area (Å²) in [4.78, 5) is 29.6. The van der Waals surface area contributed by atoms with E-state index in [9.17, 15) is 9.59 Å². The van der Waals surface area contributed by atoms with Crippen LogP contribution in [-0.4, -0.2) is 46.0 Å². The number of aryl methyl sites for hydroxylation is 1. The summed E-state index contributed by atoms with van der Waals surface area (Å²) in [5, 5.41) is 0. The van der Waals surface area contributed by atoms with Gasteiger partial charge in [-0.05, 0) is 19.8 Å². The Morgan fingerprint density at radius 1 is 1.42 bits per heavy atom. The Hall–Kier alpha value is -1.85. The standard InChI is InChI=1S/C13H19N3O3/c1-3-19-13(18)10-4-6-16(7-5-10)12(17)11-8-14-9-15(11)2/h8-10H,3-7H2,1-2H3. The first-order valence-electron chi connectivity index (χ1n) is 6.55. The number of amides is 1. The monoisotopic (exact) mass is 265 g/mol. The van der Waals surface area contributed by atoms with Gasteiger partial charge in [0.05, 0.1) is 25.0 Å². The van der Waals surface area contributed by atoms with Crippen molar-refractivity contribution < 1.29 is 14.3 Å². The molecule has 2 heterocycles. The summed E-state index contributed by atoms with van der Waals surface area (Å²) in [6, 6.07) is 0. The van der Waals surface area contributed by atoms with E-state index in [1.807, 2.05) is 0 Å². The molecule has 1 saturated heterocycles. The molecule has 19 heavy (non-hydrogen) atoms. The maximum atomic E-state index is 12.2. The highest BCUT2D eigenvalue weighted by Crippen LogP contribution is 2.20. The molecule has 0 aromatic carbocycles. The fraction of sp³-hybridized carbons (Fsp3) is 0.615. The van der Waals surface area contributed by atoms with Gasteiger partial charge in [0.15, 0.2) is 0 Å². The Labute approximate surface area is 112 Å². The third-order valence-electron chi connectivity index (χ3n) is 3.44. The van der Waals surface area contributed by atoms with Gasteiger partial charge in [-0.15, -0.1) is 0 Å². The van der Waals surface area contributed by atoms with Crippen LogP contribution in [0.15, 0.2) is 12.5 Å². The third kappa shape index (κ3) is 2.94. The van der Waals surface area contributed by atoms with E-state index in [-0.39, 0.29) is 17.8 Å². The molecule has 6 nitrogen and oxygen atoms in total. The minimum Gasteiger partial charge on any atom is -0.466 e. The topological polar surface area (TPSA) is 64.4 Å². The number of esters is 1. The Bertz CT molecular complexity index is 461. The molecule has 1 aromatic heterocycles. The predicted octanol–water partition coefficient (Wildman–Crippen LogP) is 0.835. The molecule has 2 rings (SSSR count). The van der Waals surface area contributed by atoms with Crippen LogP contribution in [0.2, 0.25) is 0 Å². The van der Waals surface area contributed by atoms with Gasteiger partial charge in [-0.1, -0.05) is 0 Å². The summed E-state index contributed by atoms with van der Waals surface area (Å²) in [7, 11) is 1.80. The second-order valence-corrected chi connectivity index (χ2v) is 4.71. The summed E-state index contributed by atoms with van der Waals surface area (Å²) >= 11 is 0. The van der Waals surface area contributed by atoms with Crippen molar-refractivity contribution in [3.63, 3.8) is 0 Å². The van der Waals surface area contributed by atoms with Crippen molar-refractivity contribution >= 4 is 11.9 Å².